The van der Waals surface area contributed by atoms with E-state index < -0.39 is 30.0 Å². The number of nitrogens with two attached hydrogens (primary N) is 1. The summed E-state index contributed by atoms with van der Waals surface area (Å²) in [6.07, 6.45) is 8.77. The van der Waals surface area contributed by atoms with Crippen molar-refractivity contribution in [3.8, 4) is 0 Å². The minimum atomic E-state index is -1.05. The fourth-order valence-electron chi connectivity index (χ4n) is 9.17. The monoisotopic (exact) mass is 529 g/mol. The molecule has 4 fully saturated rings. The lowest BCUT2D eigenvalue weighted by atomic mass is 9.45. The van der Waals surface area contributed by atoms with E-state index >= 15 is 0 Å². The Morgan fingerprint density at radius 1 is 1.05 bits per heavy atom. The number of ether oxygens (including phenoxy) is 2. The summed E-state index contributed by atoms with van der Waals surface area (Å²) in [4.78, 5) is 11.5. The Balaban J connectivity index is 1.17. The second kappa shape index (κ2) is 9.53. The van der Waals surface area contributed by atoms with Crippen molar-refractivity contribution in [2.75, 3.05) is 13.2 Å². The molecule has 8 nitrogen and oxygen atoms in total. The second-order valence-electron chi connectivity index (χ2n) is 13.1. The van der Waals surface area contributed by atoms with Crippen molar-refractivity contribution < 1.29 is 29.2 Å². The van der Waals surface area contributed by atoms with E-state index in [1.807, 2.05) is 6.07 Å². The number of hydrogen-bond donors (Lipinski definition) is 4. The van der Waals surface area contributed by atoms with Crippen molar-refractivity contribution in [3.05, 3.63) is 46.0 Å². The molecule has 4 unspecified atom stereocenters. The van der Waals surface area contributed by atoms with E-state index in [1.165, 1.54) is 11.6 Å². The van der Waals surface area contributed by atoms with E-state index in [0.29, 0.717) is 5.92 Å². The van der Waals surface area contributed by atoms with Crippen LogP contribution in [-0.2, 0) is 9.47 Å². The van der Waals surface area contributed by atoms with Crippen LogP contribution in [0.2, 0.25) is 0 Å². The van der Waals surface area contributed by atoms with Crippen molar-refractivity contribution in [2.24, 2.45) is 28.4 Å². The van der Waals surface area contributed by atoms with Crippen LogP contribution >= 0.6 is 0 Å². The predicted octanol–water partition coefficient (Wildman–Crippen LogP) is 2.63. The molecule has 11 atom stereocenters. The van der Waals surface area contributed by atoms with E-state index in [4.69, 9.17) is 19.6 Å². The van der Waals surface area contributed by atoms with Crippen LogP contribution in [0.25, 0.3) is 0 Å². The molecule has 5 N–H and O–H groups in total. The first kappa shape index (κ1) is 26.7. The largest absolute Gasteiger partial charge is 0.431 e. The molecule has 1 saturated heterocycles. The highest BCUT2D eigenvalue weighted by atomic mass is 16.6. The molecule has 3 saturated carbocycles. The maximum Gasteiger partial charge on any atom is 0.335 e. The van der Waals surface area contributed by atoms with Gasteiger partial charge in [0.2, 0.25) is 0 Å². The molecule has 1 aromatic heterocycles. The van der Waals surface area contributed by atoms with Crippen LogP contribution in [0.15, 0.2) is 39.3 Å². The van der Waals surface area contributed by atoms with Gasteiger partial charge in [0.1, 0.15) is 12.2 Å². The van der Waals surface area contributed by atoms with Gasteiger partial charge < -0.3 is 34.9 Å². The van der Waals surface area contributed by atoms with Crippen LogP contribution in [0.5, 0.6) is 0 Å². The highest BCUT2D eigenvalue weighted by molar-refractivity contribution is 5.31. The van der Waals surface area contributed by atoms with Crippen LogP contribution in [0, 0.1) is 22.7 Å². The molecule has 210 valence electrons. The third-order valence-electron chi connectivity index (χ3n) is 11.5. The molecule has 0 spiro atoms. The van der Waals surface area contributed by atoms with E-state index in [9.17, 15) is 20.1 Å². The van der Waals surface area contributed by atoms with E-state index in [2.05, 4.69) is 19.9 Å². The Hall–Kier alpha value is -1.55. The highest BCUT2D eigenvalue weighted by Gasteiger charge is 2.66. The van der Waals surface area contributed by atoms with Crippen molar-refractivity contribution in [3.63, 3.8) is 0 Å². The third-order valence-corrected chi connectivity index (χ3v) is 11.5. The van der Waals surface area contributed by atoms with Crippen LogP contribution in [-0.4, -0.2) is 64.6 Å². The first-order chi connectivity index (χ1) is 18.1. The summed E-state index contributed by atoms with van der Waals surface area (Å²) in [6, 6.07) is 2.81. The lowest BCUT2D eigenvalue weighted by molar-refractivity contribution is -0.180. The Morgan fingerprint density at radius 2 is 1.87 bits per heavy atom. The first-order valence-corrected chi connectivity index (χ1v) is 14.4. The molecule has 8 heteroatoms. The van der Waals surface area contributed by atoms with Gasteiger partial charge in [-0.3, -0.25) is 0 Å². The van der Waals surface area contributed by atoms with Crippen molar-refractivity contribution in [1.82, 2.24) is 0 Å². The first-order valence-electron chi connectivity index (χ1n) is 14.4. The van der Waals surface area contributed by atoms with Crippen molar-refractivity contribution in [1.29, 1.82) is 0 Å². The molecule has 0 amide bonds. The van der Waals surface area contributed by atoms with E-state index in [1.54, 1.807) is 6.26 Å². The third kappa shape index (κ3) is 3.98. The van der Waals surface area contributed by atoms with Gasteiger partial charge in [0, 0.05) is 11.5 Å². The number of aliphatic hydroxyl groups excluding tert-OH is 2. The topological polar surface area (TPSA) is 135 Å². The lowest BCUT2D eigenvalue weighted by Crippen LogP contribution is -2.60. The fourth-order valence-corrected chi connectivity index (χ4v) is 9.17. The van der Waals surface area contributed by atoms with Gasteiger partial charge in [0.05, 0.1) is 43.3 Å². The highest BCUT2D eigenvalue weighted by Crippen LogP contribution is 2.70. The summed E-state index contributed by atoms with van der Waals surface area (Å²) in [7, 11) is 0. The zero-order valence-corrected chi connectivity index (χ0v) is 22.6. The van der Waals surface area contributed by atoms with Gasteiger partial charge in [0.25, 0.3) is 0 Å². The maximum atomic E-state index is 12.4. The average Bonchev–Trinajstić information content (AvgIpc) is 3.18. The van der Waals surface area contributed by atoms with Gasteiger partial charge >= 0.3 is 5.63 Å². The van der Waals surface area contributed by atoms with Gasteiger partial charge in [-0.05, 0) is 86.2 Å². The van der Waals surface area contributed by atoms with Gasteiger partial charge in [-0.15, -0.1) is 0 Å². The van der Waals surface area contributed by atoms with E-state index in [0.717, 1.165) is 56.9 Å². The Morgan fingerprint density at radius 3 is 2.63 bits per heavy atom. The molecule has 6 rings (SSSR count). The molecule has 4 aliphatic carbocycles. The normalized spacial score (nSPS) is 48.5. The summed E-state index contributed by atoms with van der Waals surface area (Å²) in [5.41, 5.74) is 7.00. The smallest absolute Gasteiger partial charge is 0.335 e. The Bertz CT molecular complexity index is 1120. The van der Waals surface area contributed by atoms with Gasteiger partial charge in [-0.2, -0.15) is 0 Å². The fraction of sp³-hybridized carbons (Fsp3) is 0.767. The Kier molecular flexibility index (Phi) is 6.69. The molecule has 5 aliphatic rings. The molecule has 0 radical (unpaired) electrons. The zero-order chi connectivity index (χ0) is 26.9. The quantitative estimate of drug-likeness (QED) is 0.437. The maximum absolute atomic E-state index is 12.4. The molecule has 38 heavy (non-hydrogen) atoms. The average molecular weight is 530 g/mol. The summed E-state index contributed by atoms with van der Waals surface area (Å²) >= 11 is 0. The number of aliphatic hydroxyl groups is 3. The second-order valence-corrected chi connectivity index (χ2v) is 13.1. The number of rotatable bonds is 4. The summed E-state index contributed by atoms with van der Waals surface area (Å²) in [5, 5.41) is 32.8. The van der Waals surface area contributed by atoms with Crippen LogP contribution in [0.1, 0.15) is 76.7 Å². The van der Waals surface area contributed by atoms with Crippen LogP contribution < -0.4 is 11.4 Å². The SMILES string of the molecule is C[C@]12CCC(OC[C@@H]3OC[C@H](N)C(O)[C@@H]3O)C=C1CCC1C2CC[C@]2(C)[C@@H](c3ccc(=O)oc3)CC[C@]12O. The molecule has 1 aromatic rings. The number of fused-ring (bicyclic) bond motifs is 5. The molecule has 2 heterocycles. The molecule has 0 aromatic carbocycles. The lowest BCUT2D eigenvalue weighted by Gasteiger charge is -2.62. The van der Waals surface area contributed by atoms with Gasteiger partial charge in [-0.1, -0.05) is 25.5 Å². The zero-order valence-electron chi connectivity index (χ0n) is 22.6. The Labute approximate surface area is 224 Å². The number of hydrogen-bond acceptors (Lipinski definition) is 8. The van der Waals surface area contributed by atoms with E-state index in [-0.39, 0.29) is 47.6 Å². The number of allylic oxidation sites excluding steroid dienone is 1. The predicted molar refractivity (Wildman–Crippen MR) is 140 cm³/mol. The minimum absolute atomic E-state index is 0.0429. The summed E-state index contributed by atoms with van der Waals surface area (Å²) in [6.45, 7) is 5.08. The van der Waals surface area contributed by atoms with Crippen LogP contribution in [0.4, 0.5) is 0 Å². The molecular weight excluding hydrogens is 486 g/mol. The minimum Gasteiger partial charge on any atom is -0.431 e. The summed E-state index contributed by atoms with van der Waals surface area (Å²) in [5.74, 6) is 0.865. The van der Waals surface area contributed by atoms with Crippen molar-refractivity contribution >= 4 is 0 Å². The van der Waals surface area contributed by atoms with Crippen molar-refractivity contribution in [2.45, 2.75) is 107 Å². The molecule has 1 aliphatic heterocycles. The summed E-state index contributed by atoms with van der Waals surface area (Å²) < 4.78 is 17.0. The van der Waals surface area contributed by atoms with Gasteiger partial charge in [-0.25, -0.2) is 4.79 Å². The molecule has 0 bridgehead atoms. The molecular formula is C30H43NO7. The van der Waals surface area contributed by atoms with Gasteiger partial charge in [0.15, 0.2) is 0 Å². The standard InChI is InChI=1S/C30H43NO7/c1-28-10-7-19(36-16-24-27(34)26(33)23(31)15-37-24)13-18(28)4-5-22-21(28)8-11-29(2)20(9-12-30(22,29)35)17-3-6-25(32)38-14-17/h3,6,13-14,19-24,26-27,33-35H,4-5,7-12,15-16,31H2,1-2H3/t19?,20-,21?,22?,23+,24+,26?,27-,28+,29-,30+/m1/s1. The van der Waals surface area contributed by atoms with Crippen LogP contribution in [0.3, 0.4) is 0 Å².